The molecule has 3 rings (SSSR count). The van der Waals surface area contributed by atoms with E-state index in [9.17, 15) is 38.0 Å². The quantitative estimate of drug-likeness (QED) is 0.0673. The normalized spacial score (nSPS) is 15.9. The fraction of sp³-hybridized carbons (Fsp3) is 0.385. The minimum atomic E-state index is -4.26. The van der Waals surface area contributed by atoms with Crippen molar-refractivity contribution in [3.05, 3.63) is 64.2 Å². The second-order valence-electron chi connectivity index (χ2n) is 9.64. The van der Waals surface area contributed by atoms with E-state index in [0.29, 0.717) is 37.1 Å². The molecule has 0 aromatic heterocycles. The molecule has 0 radical (unpaired) electrons. The van der Waals surface area contributed by atoms with Gasteiger partial charge in [0, 0.05) is 43.8 Å². The van der Waals surface area contributed by atoms with Crippen molar-refractivity contribution >= 4 is 45.1 Å². The molecule has 0 saturated carbocycles. The van der Waals surface area contributed by atoms with E-state index < -0.39 is 44.6 Å². The predicted molar refractivity (Wildman–Crippen MR) is 153 cm³/mol. The second kappa shape index (κ2) is 14.4. The lowest BCUT2D eigenvalue weighted by Gasteiger charge is -2.25. The first kappa shape index (κ1) is 32.0. The van der Waals surface area contributed by atoms with Crippen molar-refractivity contribution in [3.63, 3.8) is 0 Å². The van der Waals surface area contributed by atoms with E-state index in [1.165, 1.54) is 12.1 Å². The van der Waals surface area contributed by atoms with E-state index in [1.54, 1.807) is 24.3 Å². The summed E-state index contributed by atoms with van der Waals surface area (Å²) in [6, 6.07) is 8.44. The van der Waals surface area contributed by atoms with Crippen molar-refractivity contribution in [2.45, 2.75) is 55.5 Å². The van der Waals surface area contributed by atoms with Gasteiger partial charge in [-0.3, -0.25) is 24.7 Å². The van der Waals surface area contributed by atoms with Crippen LogP contribution in [0.3, 0.4) is 0 Å². The Morgan fingerprint density at radius 2 is 1.86 bits per heavy atom. The number of rotatable bonds is 14. The predicted octanol–water partition coefficient (Wildman–Crippen LogP) is 0.942. The van der Waals surface area contributed by atoms with Gasteiger partial charge in [0.15, 0.2) is 5.96 Å². The van der Waals surface area contributed by atoms with Crippen LogP contribution in [-0.2, 0) is 30.8 Å². The zero-order chi connectivity index (χ0) is 30.9. The number of hydrogen-bond donors (Lipinski definition) is 5. The molecule has 1 fully saturated rings. The molecule has 16 heteroatoms. The molecule has 2 amide bonds. The first-order chi connectivity index (χ1) is 19.9. The molecule has 2 atom stereocenters. The maximum atomic E-state index is 13.2. The molecule has 2 aromatic rings. The summed E-state index contributed by atoms with van der Waals surface area (Å²) in [5.74, 6) is -2.30. The van der Waals surface area contributed by atoms with Crippen LogP contribution in [0.1, 0.15) is 37.7 Å². The number of carboxylic acids is 1. The lowest BCUT2D eigenvalue weighted by atomic mass is 10.0. The third kappa shape index (κ3) is 8.71. The molecule has 0 bridgehead atoms. The van der Waals surface area contributed by atoms with Gasteiger partial charge in [-0.2, -0.15) is 4.31 Å². The third-order valence-corrected chi connectivity index (χ3v) is 8.44. The zero-order valence-corrected chi connectivity index (χ0v) is 23.5. The van der Waals surface area contributed by atoms with E-state index in [1.807, 2.05) is 0 Å². The number of nitrogens with two attached hydrogens (primary N) is 2. The monoisotopic (exact) mass is 603 g/mol. The Balaban J connectivity index is 1.60. The number of hydrogen-bond acceptors (Lipinski definition) is 8. The molecule has 1 aliphatic rings. The number of nitrogens with zero attached hydrogens (tertiary/aromatic N) is 3. The molecule has 1 saturated heterocycles. The standard InChI is InChI=1S/C26H33N7O8S/c27-26(28)29-13-2-1-8-23(34)30-18-11-9-17(10-12-18)15-21(25(36)37)31-24(35)22-7-4-14-32(22)42(40,41)20-6-3-5-19(16-20)33(38)39/h3,5-6,9-12,16,21-22H,1-2,4,7-8,13-15H2,(H,30,34)(H,31,35)(H,36,37)(H4,27,28,29)/t21-,22-/m0/s1. The molecule has 42 heavy (non-hydrogen) atoms. The number of aliphatic imine (C=N–C) groups is 1. The number of anilines is 1. The number of carbonyl (C=O) groups is 3. The third-order valence-electron chi connectivity index (χ3n) is 6.54. The molecule has 0 unspecified atom stereocenters. The summed E-state index contributed by atoms with van der Waals surface area (Å²) in [4.78, 5) is 51.1. The van der Waals surface area contributed by atoms with Gasteiger partial charge in [-0.15, -0.1) is 0 Å². The van der Waals surface area contributed by atoms with Gasteiger partial charge in [0.05, 0.1) is 9.82 Å². The summed E-state index contributed by atoms with van der Waals surface area (Å²) < 4.78 is 27.4. The number of aliphatic carboxylic acids is 1. The van der Waals surface area contributed by atoms with Crippen molar-refractivity contribution in [3.8, 4) is 0 Å². The first-order valence-corrected chi connectivity index (χ1v) is 14.6. The second-order valence-corrected chi connectivity index (χ2v) is 11.5. The van der Waals surface area contributed by atoms with Gasteiger partial charge in [0.2, 0.25) is 21.8 Å². The van der Waals surface area contributed by atoms with Crippen LogP contribution in [0.2, 0.25) is 0 Å². The Kier molecular flexibility index (Phi) is 10.9. The number of nitro groups is 1. The summed E-state index contributed by atoms with van der Waals surface area (Å²) in [5, 5.41) is 26.0. The van der Waals surface area contributed by atoms with Crippen LogP contribution in [0.15, 0.2) is 58.4 Å². The first-order valence-electron chi connectivity index (χ1n) is 13.1. The van der Waals surface area contributed by atoms with Gasteiger partial charge in [0.25, 0.3) is 5.69 Å². The smallest absolute Gasteiger partial charge is 0.326 e. The maximum Gasteiger partial charge on any atom is 0.326 e. The highest BCUT2D eigenvalue weighted by Crippen LogP contribution is 2.28. The van der Waals surface area contributed by atoms with Gasteiger partial charge < -0.3 is 27.2 Å². The maximum absolute atomic E-state index is 13.2. The number of benzene rings is 2. The Morgan fingerprint density at radius 3 is 2.50 bits per heavy atom. The molecule has 2 aromatic carbocycles. The molecule has 1 aliphatic heterocycles. The van der Waals surface area contributed by atoms with E-state index in [0.717, 1.165) is 16.4 Å². The largest absolute Gasteiger partial charge is 0.480 e. The number of unbranched alkanes of at least 4 members (excludes halogenated alkanes) is 1. The number of carbonyl (C=O) groups excluding carboxylic acids is 2. The van der Waals surface area contributed by atoms with Crippen LogP contribution >= 0.6 is 0 Å². The summed E-state index contributed by atoms with van der Waals surface area (Å²) in [5.41, 5.74) is 11.2. The molecule has 226 valence electrons. The van der Waals surface area contributed by atoms with Crippen molar-refractivity contribution in [2.75, 3.05) is 18.4 Å². The van der Waals surface area contributed by atoms with E-state index in [2.05, 4.69) is 15.6 Å². The number of sulfonamides is 1. The Morgan fingerprint density at radius 1 is 1.14 bits per heavy atom. The number of non-ortho nitro benzene ring substituents is 1. The van der Waals surface area contributed by atoms with Crippen LogP contribution in [-0.4, -0.2) is 71.7 Å². The number of nitro benzene ring substituents is 1. The van der Waals surface area contributed by atoms with Gasteiger partial charge in [-0.05, 0) is 49.4 Å². The van der Waals surface area contributed by atoms with Crippen LogP contribution in [0.5, 0.6) is 0 Å². The Hall–Kier alpha value is -4.57. The van der Waals surface area contributed by atoms with Gasteiger partial charge in [-0.25, -0.2) is 13.2 Å². The minimum Gasteiger partial charge on any atom is -0.480 e. The van der Waals surface area contributed by atoms with Crippen molar-refractivity contribution in [1.82, 2.24) is 9.62 Å². The van der Waals surface area contributed by atoms with Crippen LogP contribution in [0.4, 0.5) is 11.4 Å². The van der Waals surface area contributed by atoms with Crippen LogP contribution < -0.4 is 22.1 Å². The Bertz CT molecular complexity index is 1440. The van der Waals surface area contributed by atoms with E-state index >= 15 is 0 Å². The molecule has 1 heterocycles. The highest BCUT2D eigenvalue weighted by molar-refractivity contribution is 7.89. The summed E-state index contributed by atoms with van der Waals surface area (Å²) >= 11 is 0. The molecule has 0 spiro atoms. The summed E-state index contributed by atoms with van der Waals surface area (Å²) in [6.07, 6.45) is 1.92. The number of carboxylic acid groups (broad SMARTS) is 1. The van der Waals surface area contributed by atoms with Crippen LogP contribution in [0.25, 0.3) is 0 Å². The highest BCUT2D eigenvalue weighted by atomic mass is 32.2. The minimum absolute atomic E-state index is 0.00387. The molecule has 7 N–H and O–H groups in total. The summed E-state index contributed by atoms with van der Waals surface area (Å²) in [7, 11) is -4.26. The zero-order valence-electron chi connectivity index (χ0n) is 22.6. The van der Waals surface area contributed by atoms with Crippen molar-refractivity contribution in [2.24, 2.45) is 16.5 Å². The molecular formula is C26H33N7O8S. The van der Waals surface area contributed by atoms with Crippen molar-refractivity contribution in [1.29, 1.82) is 0 Å². The van der Waals surface area contributed by atoms with E-state index in [-0.39, 0.29) is 42.6 Å². The van der Waals surface area contributed by atoms with Crippen molar-refractivity contribution < 1.29 is 32.8 Å². The van der Waals surface area contributed by atoms with Crippen LogP contribution in [0, 0.1) is 10.1 Å². The number of guanidine groups is 1. The average Bonchev–Trinajstić information content (AvgIpc) is 3.45. The number of nitrogens with one attached hydrogen (secondary N) is 2. The van der Waals surface area contributed by atoms with Gasteiger partial charge in [0.1, 0.15) is 12.1 Å². The topological polar surface area (TPSA) is 240 Å². The average molecular weight is 604 g/mol. The molecular weight excluding hydrogens is 570 g/mol. The lowest BCUT2D eigenvalue weighted by molar-refractivity contribution is -0.385. The SMILES string of the molecule is NC(N)=NCCCCC(=O)Nc1ccc(C[C@H](NC(=O)[C@@H]2CCCN2S(=O)(=O)c2cccc([N+](=O)[O-])c2)C(=O)O)cc1. The Labute approximate surface area is 242 Å². The molecule has 0 aliphatic carbocycles. The number of amides is 2. The summed E-state index contributed by atoms with van der Waals surface area (Å²) in [6.45, 7) is 0.433. The highest BCUT2D eigenvalue weighted by Gasteiger charge is 2.41. The van der Waals surface area contributed by atoms with Gasteiger partial charge >= 0.3 is 5.97 Å². The molecule has 15 nitrogen and oxygen atoms in total. The van der Waals surface area contributed by atoms with Gasteiger partial charge in [-0.1, -0.05) is 18.2 Å². The lowest BCUT2D eigenvalue weighted by Crippen LogP contribution is -2.51. The fourth-order valence-corrected chi connectivity index (χ4v) is 6.14. The fourth-order valence-electron chi connectivity index (χ4n) is 4.44. The van der Waals surface area contributed by atoms with E-state index in [4.69, 9.17) is 11.5 Å².